The molecule has 21 heavy (non-hydrogen) atoms. The van der Waals surface area contributed by atoms with Crippen LogP contribution in [0, 0.1) is 6.92 Å². The van der Waals surface area contributed by atoms with Crippen molar-refractivity contribution < 1.29 is 4.52 Å². The molecule has 2 N–H and O–H groups in total. The lowest BCUT2D eigenvalue weighted by Crippen LogP contribution is -2.43. The van der Waals surface area contributed by atoms with Gasteiger partial charge < -0.3 is 15.2 Å². The number of rotatable bonds is 5. The SMILES string of the molecule is CN=C(NCCc1nc(C)no1)NC1CCC(SC)C1.I. The van der Waals surface area contributed by atoms with E-state index in [2.05, 4.69) is 32.0 Å². The lowest BCUT2D eigenvalue weighted by molar-refractivity contribution is 0.374. The lowest BCUT2D eigenvalue weighted by atomic mass is 10.2. The minimum absolute atomic E-state index is 0. The molecule has 0 bridgehead atoms. The van der Waals surface area contributed by atoms with E-state index >= 15 is 0 Å². The van der Waals surface area contributed by atoms with Gasteiger partial charge in [-0.1, -0.05) is 5.16 Å². The number of hydrogen-bond donors (Lipinski definition) is 2. The third kappa shape index (κ3) is 6.01. The smallest absolute Gasteiger partial charge is 0.228 e. The number of aliphatic imine (C=N–C) groups is 1. The quantitative estimate of drug-likeness (QED) is 0.427. The van der Waals surface area contributed by atoms with Gasteiger partial charge in [-0.05, 0) is 32.4 Å². The van der Waals surface area contributed by atoms with Gasteiger partial charge in [0, 0.05) is 31.3 Å². The molecule has 0 saturated heterocycles. The third-order valence-electron chi connectivity index (χ3n) is 3.48. The summed E-state index contributed by atoms with van der Waals surface area (Å²) < 4.78 is 5.08. The maximum Gasteiger partial charge on any atom is 0.228 e. The minimum Gasteiger partial charge on any atom is -0.356 e. The van der Waals surface area contributed by atoms with Crippen LogP contribution in [0.2, 0.25) is 0 Å². The molecule has 6 nitrogen and oxygen atoms in total. The second-order valence-electron chi connectivity index (χ2n) is 5.00. The van der Waals surface area contributed by atoms with E-state index in [1.807, 2.05) is 18.7 Å². The Morgan fingerprint density at radius 2 is 2.29 bits per heavy atom. The summed E-state index contributed by atoms with van der Waals surface area (Å²) in [4.78, 5) is 8.44. The maximum atomic E-state index is 5.08. The molecule has 2 rings (SSSR count). The highest BCUT2D eigenvalue weighted by Gasteiger charge is 2.24. The van der Waals surface area contributed by atoms with E-state index in [1.54, 1.807) is 7.05 Å². The number of halogens is 1. The number of nitrogens with one attached hydrogen (secondary N) is 2. The molecule has 1 saturated carbocycles. The van der Waals surface area contributed by atoms with Crippen LogP contribution < -0.4 is 10.6 Å². The van der Waals surface area contributed by atoms with E-state index in [0.717, 1.165) is 17.8 Å². The van der Waals surface area contributed by atoms with Crippen molar-refractivity contribution in [1.29, 1.82) is 0 Å². The normalized spacial score (nSPS) is 22.0. The molecule has 1 aliphatic rings. The van der Waals surface area contributed by atoms with Crippen molar-refractivity contribution in [2.24, 2.45) is 4.99 Å². The Bertz CT molecular complexity index is 454. The molecular formula is C13H24IN5OS. The average molecular weight is 425 g/mol. The Morgan fingerprint density at radius 1 is 1.48 bits per heavy atom. The molecule has 2 unspecified atom stereocenters. The molecule has 1 fully saturated rings. The summed E-state index contributed by atoms with van der Waals surface area (Å²) in [6.45, 7) is 2.56. The lowest BCUT2D eigenvalue weighted by Gasteiger charge is -2.16. The molecule has 0 spiro atoms. The van der Waals surface area contributed by atoms with Gasteiger partial charge in [-0.25, -0.2) is 0 Å². The fourth-order valence-corrected chi connectivity index (χ4v) is 3.20. The molecular weight excluding hydrogens is 401 g/mol. The fourth-order valence-electron chi connectivity index (χ4n) is 2.40. The van der Waals surface area contributed by atoms with Crippen LogP contribution in [0.3, 0.4) is 0 Å². The predicted molar refractivity (Wildman–Crippen MR) is 97.6 cm³/mol. The van der Waals surface area contributed by atoms with Crippen molar-refractivity contribution in [2.75, 3.05) is 19.8 Å². The Morgan fingerprint density at radius 3 is 2.86 bits per heavy atom. The van der Waals surface area contributed by atoms with Crippen molar-refractivity contribution >= 4 is 41.7 Å². The number of thioether (sulfide) groups is 1. The number of aromatic nitrogens is 2. The Kier molecular flexibility index (Phi) is 8.38. The minimum atomic E-state index is 0. The van der Waals surface area contributed by atoms with Crippen molar-refractivity contribution in [2.45, 2.75) is 43.9 Å². The molecule has 1 heterocycles. The van der Waals surface area contributed by atoms with Crippen molar-refractivity contribution in [3.05, 3.63) is 11.7 Å². The monoisotopic (exact) mass is 425 g/mol. The van der Waals surface area contributed by atoms with Crippen LogP contribution in [-0.2, 0) is 6.42 Å². The summed E-state index contributed by atoms with van der Waals surface area (Å²) in [6, 6.07) is 0.532. The van der Waals surface area contributed by atoms with Crippen molar-refractivity contribution in [3.8, 4) is 0 Å². The molecule has 0 radical (unpaired) electrons. The van der Waals surface area contributed by atoms with Crippen LogP contribution in [0.15, 0.2) is 9.52 Å². The summed E-state index contributed by atoms with van der Waals surface area (Å²) >= 11 is 1.96. The molecule has 120 valence electrons. The summed E-state index contributed by atoms with van der Waals surface area (Å²) in [6.07, 6.45) is 6.61. The zero-order valence-corrected chi connectivity index (χ0v) is 15.9. The van der Waals surface area contributed by atoms with Crippen LogP contribution >= 0.6 is 35.7 Å². The first kappa shape index (κ1) is 18.5. The molecule has 8 heteroatoms. The standard InChI is InChI=1S/C13H23N5OS.HI/c1-9-16-12(19-18-9)6-7-15-13(14-2)17-10-4-5-11(8-10)20-3;/h10-11H,4-8H2,1-3H3,(H2,14,15,17);1H. The van der Waals surface area contributed by atoms with E-state index in [-0.39, 0.29) is 24.0 Å². The van der Waals surface area contributed by atoms with Crippen LogP contribution in [0.1, 0.15) is 31.0 Å². The number of hydrogen-bond acceptors (Lipinski definition) is 5. The van der Waals surface area contributed by atoms with Gasteiger partial charge in [0.25, 0.3) is 0 Å². The van der Waals surface area contributed by atoms with E-state index in [4.69, 9.17) is 4.52 Å². The first-order valence-corrected chi connectivity index (χ1v) is 8.29. The van der Waals surface area contributed by atoms with Gasteiger partial charge in [0.2, 0.25) is 5.89 Å². The second kappa shape index (κ2) is 9.50. The van der Waals surface area contributed by atoms with Crippen LogP contribution in [0.5, 0.6) is 0 Å². The van der Waals surface area contributed by atoms with E-state index < -0.39 is 0 Å². The fraction of sp³-hybridized carbons (Fsp3) is 0.769. The maximum absolute atomic E-state index is 5.08. The summed E-state index contributed by atoms with van der Waals surface area (Å²) in [5, 5.41) is 11.3. The highest BCUT2D eigenvalue weighted by molar-refractivity contribution is 14.0. The first-order chi connectivity index (χ1) is 9.71. The molecule has 0 amide bonds. The zero-order chi connectivity index (χ0) is 14.4. The van der Waals surface area contributed by atoms with Crippen LogP contribution in [-0.4, -0.2) is 47.2 Å². The van der Waals surface area contributed by atoms with Gasteiger partial charge in [-0.15, -0.1) is 24.0 Å². The van der Waals surface area contributed by atoms with Gasteiger partial charge >= 0.3 is 0 Å². The van der Waals surface area contributed by atoms with Gasteiger partial charge in [-0.3, -0.25) is 4.99 Å². The summed E-state index contributed by atoms with van der Waals surface area (Å²) in [5.41, 5.74) is 0. The molecule has 1 aromatic rings. The topological polar surface area (TPSA) is 75.3 Å². The van der Waals surface area contributed by atoms with Crippen molar-refractivity contribution in [1.82, 2.24) is 20.8 Å². The second-order valence-corrected chi connectivity index (χ2v) is 6.13. The zero-order valence-electron chi connectivity index (χ0n) is 12.8. The summed E-state index contributed by atoms with van der Waals surface area (Å²) in [7, 11) is 1.80. The van der Waals surface area contributed by atoms with Crippen LogP contribution in [0.25, 0.3) is 0 Å². The predicted octanol–water partition coefficient (Wildman–Crippen LogP) is 1.99. The number of guanidine groups is 1. The molecule has 2 atom stereocenters. The Balaban J connectivity index is 0.00000220. The number of nitrogens with zero attached hydrogens (tertiary/aromatic N) is 3. The Labute approximate surface area is 147 Å². The largest absolute Gasteiger partial charge is 0.356 e. The van der Waals surface area contributed by atoms with E-state index in [1.165, 1.54) is 19.3 Å². The molecule has 0 aromatic carbocycles. The Hall–Kier alpha value is -0.510. The first-order valence-electron chi connectivity index (χ1n) is 7.00. The number of aryl methyl sites for hydroxylation is 1. The van der Waals surface area contributed by atoms with Gasteiger partial charge in [0.05, 0.1) is 0 Å². The van der Waals surface area contributed by atoms with Gasteiger partial charge in [-0.2, -0.15) is 16.7 Å². The highest BCUT2D eigenvalue weighted by atomic mass is 127. The molecule has 0 aliphatic heterocycles. The third-order valence-corrected chi connectivity index (χ3v) is 4.58. The van der Waals surface area contributed by atoms with Gasteiger partial charge in [0.15, 0.2) is 11.8 Å². The van der Waals surface area contributed by atoms with E-state index in [9.17, 15) is 0 Å². The molecule has 1 aromatic heterocycles. The van der Waals surface area contributed by atoms with E-state index in [0.29, 0.717) is 24.2 Å². The van der Waals surface area contributed by atoms with Crippen molar-refractivity contribution in [3.63, 3.8) is 0 Å². The van der Waals surface area contributed by atoms with Gasteiger partial charge in [0.1, 0.15) is 0 Å². The average Bonchev–Trinajstić information content (AvgIpc) is 3.06. The summed E-state index contributed by atoms with van der Waals surface area (Å²) in [5.74, 6) is 2.19. The molecule has 1 aliphatic carbocycles. The van der Waals surface area contributed by atoms with Crippen LogP contribution in [0.4, 0.5) is 0 Å². The highest BCUT2D eigenvalue weighted by Crippen LogP contribution is 2.27.